The number of nitrogens with zero attached hydrogens (tertiary/aromatic N) is 5. The summed E-state index contributed by atoms with van der Waals surface area (Å²) in [6, 6.07) is 10.2. The van der Waals surface area contributed by atoms with Crippen molar-refractivity contribution in [2.45, 2.75) is 25.5 Å². The van der Waals surface area contributed by atoms with E-state index < -0.39 is 0 Å². The Morgan fingerprint density at radius 3 is 2.81 bits per heavy atom. The molecular formula is C23H23N5O3. The quantitative estimate of drug-likeness (QED) is 0.551. The molecule has 0 radical (unpaired) electrons. The number of likely N-dealkylation sites (tertiary alicyclic amines) is 2. The second-order valence-electron chi connectivity index (χ2n) is 8.51. The van der Waals surface area contributed by atoms with Crippen molar-refractivity contribution in [3.05, 3.63) is 54.3 Å². The van der Waals surface area contributed by atoms with Gasteiger partial charge in [0.1, 0.15) is 16.9 Å². The highest BCUT2D eigenvalue weighted by molar-refractivity contribution is 5.94. The van der Waals surface area contributed by atoms with Gasteiger partial charge in [-0.1, -0.05) is 6.07 Å². The van der Waals surface area contributed by atoms with E-state index in [0.29, 0.717) is 37.3 Å². The molecule has 2 aliphatic rings. The van der Waals surface area contributed by atoms with E-state index in [2.05, 4.69) is 14.9 Å². The van der Waals surface area contributed by atoms with Crippen molar-refractivity contribution >= 4 is 22.7 Å². The van der Waals surface area contributed by atoms with Gasteiger partial charge in [-0.2, -0.15) is 0 Å². The summed E-state index contributed by atoms with van der Waals surface area (Å²) >= 11 is 0. The number of hydrogen-bond donors (Lipinski definition) is 1. The van der Waals surface area contributed by atoms with Gasteiger partial charge in [-0.05, 0) is 41.8 Å². The number of aliphatic hydroxyl groups is 1. The van der Waals surface area contributed by atoms with Crippen LogP contribution in [0.1, 0.15) is 22.8 Å². The van der Waals surface area contributed by atoms with Crippen LogP contribution in [0.5, 0.6) is 0 Å². The van der Waals surface area contributed by atoms with Crippen LogP contribution < -0.4 is 0 Å². The fourth-order valence-electron chi connectivity index (χ4n) is 4.65. The number of carbonyl (C=O) groups is 1. The Bertz CT molecular complexity index is 1300. The Labute approximate surface area is 178 Å². The SMILES string of the molecule is Cc1nc2cc(-c3ccc4ncc(C(=O)N5CC(N6CC[C@@H](O)C6)C5)n4c3)ccc2o1. The van der Waals surface area contributed by atoms with E-state index in [1.165, 1.54) is 0 Å². The van der Waals surface area contributed by atoms with E-state index in [-0.39, 0.29) is 12.0 Å². The molecule has 1 aromatic carbocycles. The monoisotopic (exact) mass is 417 g/mol. The van der Waals surface area contributed by atoms with Crippen molar-refractivity contribution in [1.29, 1.82) is 0 Å². The molecular weight excluding hydrogens is 394 g/mol. The van der Waals surface area contributed by atoms with Crippen molar-refractivity contribution < 1.29 is 14.3 Å². The van der Waals surface area contributed by atoms with Crippen LogP contribution >= 0.6 is 0 Å². The molecule has 1 amide bonds. The first kappa shape index (κ1) is 18.5. The summed E-state index contributed by atoms with van der Waals surface area (Å²) in [5.41, 5.74) is 4.87. The van der Waals surface area contributed by atoms with Gasteiger partial charge in [0, 0.05) is 45.3 Å². The van der Waals surface area contributed by atoms with E-state index in [9.17, 15) is 9.90 Å². The number of hydrogen-bond acceptors (Lipinski definition) is 6. The van der Waals surface area contributed by atoms with Crippen LogP contribution in [0.15, 0.2) is 47.1 Å². The molecule has 2 fully saturated rings. The molecule has 0 spiro atoms. The van der Waals surface area contributed by atoms with Gasteiger partial charge in [0.2, 0.25) is 0 Å². The van der Waals surface area contributed by atoms with Gasteiger partial charge in [-0.25, -0.2) is 9.97 Å². The third-order valence-corrected chi connectivity index (χ3v) is 6.41. The zero-order chi connectivity index (χ0) is 21.1. The van der Waals surface area contributed by atoms with Gasteiger partial charge in [0.25, 0.3) is 5.91 Å². The number of aromatic nitrogens is 3. The summed E-state index contributed by atoms with van der Waals surface area (Å²) in [6.07, 6.45) is 4.19. The van der Waals surface area contributed by atoms with Crippen LogP contribution in [0.4, 0.5) is 0 Å². The molecule has 158 valence electrons. The summed E-state index contributed by atoms with van der Waals surface area (Å²) in [5.74, 6) is 0.629. The fourth-order valence-corrected chi connectivity index (χ4v) is 4.65. The maximum absolute atomic E-state index is 13.1. The van der Waals surface area contributed by atoms with Crippen molar-refractivity contribution in [3.63, 3.8) is 0 Å². The Morgan fingerprint density at radius 1 is 1.16 bits per heavy atom. The lowest BCUT2D eigenvalue weighted by atomic mass is 10.1. The zero-order valence-electron chi connectivity index (χ0n) is 17.2. The average molecular weight is 417 g/mol. The van der Waals surface area contributed by atoms with Gasteiger partial charge in [-0.15, -0.1) is 0 Å². The zero-order valence-corrected chi connectivity index (χ0v) is 17.2. The minimum absolute atomic E-state index is 0.0109. The Hall–Kier alpha value is -3.23. The first-order valence-electron chi connectivity index (χ1n) is 10.6. The first-order valence-corrected chi connectivity index (χ1v) is 10.6. The molecule has 31 heavy (non-hydrogen) atoms. The number of benzene rings is 1. The third-order valence-electron chi connectivity index (χ3n) is 6.41. The van der Waals surface area contributed by atoms with Crippen LogP contribution in [0.25, 0.3) is 27.9 Å². The van der Waals surface area contributed by atoms with E-state index >= 15 is 0 Å². The topological polar surface area (TPSA) is 87.1 Å². The molecule has 0 unspecified atom stereocenters. The van der Waals surface area contributed by atoms with E-state index in [4.69, 9.17) is 4.42 Å². The maximum atomic E-state index is 13.1. The number of imidazole rings is 1. The summed E-state index contributed by atoms with van der Waals surface area (Å²) < 4.78 is 7.43. The predicted molar refractivity (Wildman–Crippen MR) is 115 cm³/mol. The van der Waals surface area contributed by atoms with Crippen molar-refractivity contribution in [2.24, 2.45) is 0 Å². The lowest BCUT2D eigenvalue weighted by molar-refractivity contribution is 0.0293. The number of aryl methyl sites for hydroxylation is 1. The number of carbonyl (C=O) groups excluding carboxylic acids is 1. The number of rotatable bonds is 3. The number of amides is 1. The molecule has 1 N–H and O–H groups in total. The predicted octanol–water partition coefficient (Wildman–Crippen LogP) is 2.34. The Kier molecular flexibility index (Phi) is 4.12. The number of oxazole rings is 1. The number of aliphatic hydroxyl groups excluding tert-OH is 1. The highest BCUT2D eigenvalue weighted by Crippen LogP contribution is 2.27. The molecule has 1 atom stereocenters. The molecule has 2 aliphatic heterocycles. The molecule has 5 heterocycles. The van der Waals surface area contributed by atoms with Gasteiger partial charge < -0.3 is 14.4 Å². The van der Waals surface area contributed by atoms with E-state index in [1.54, 1.807) is 6.20 Å². The molecule has 8 heteroatoms. The van der Waals surface area contributed by atoms with Crippen LogP contribution in [0.3, 0.4) is 0 Å². The fraction of sp³-hybridized carbons (Fsp3) is 0.348. The third kappa shape index (κ3) is 3.10. The largest absolute Gasteiger partial charge is 0.441 e. The van der Waals surface area contributed by atoms with E-state index in [1.807, 2.05) is 52.8 Å². The van der Waals surface area contributed by atoms with Crippen LogP contribution in [0.2, 0.25) is 0 Å². The summed E-state index contributed by atoms with van der Waals surface area (Å²) in [5, 5.41) is 9.75. The average Bonchev–Trinajstić information content (AvgIpc) is 3.42. The van der Waals surface area contributed by atoms with Crippen molar-refractivity contribution in [2.75, 3.05) is 26.2 Å². The van der Waals surface area contributed by atoms with Gasteiger partial charge in [-0.3, -0.25) is 14.1 Å². The molecule has 2 saturated heterocycles. The van der Waals surface area contributed by atoms with Gasteiger partial charge in [0.15, 0.2) is 11.5 Å². The summed E-state index contributed by atoms with van der Waals surface area (Å²) in [7, 11) is 0. The van der Waals surface area contributed by atoms with E-state index in [0.717, 1.165) is 40.8 Å². The first-order chi connectivity index (χ1) is 15.0. The molecule has 8 nitrogen and oxygen atoms in total. The van der Waals surface area contributed by atoms with Crippen molar-refractivity contribution in [1.82, 2.24) is 24.2 Å². The number of β-amino-alcohol motifs (C(OH)–C–C–N with tert-alkyl or cyclic N) is 1. The lowest BCUT2D eigenvalue weighted by Crippen LogP contribution is -2.60. The smallest absolute Gasteiger partial charge is 0.272 e. The maximum Gasteiger partial charge on any atom is 0.272 e. The molecule has 0 aliphatic carbocycles. The molecule has 0 bridgehead atoms. The van der Waals surface area contributed by atoms with Crippen molar-refractivity contribution in [3.8, 4) is 11.1 Å². The normalized spacial score (nSPS) is 20.1. The second-order valence-corrected chi connectivity index (χ2v) is 8.51. The Morgan fingerprint density at radius 2 is 2.00 bits per heavy atom. The minimum Gasteiger partial charge on any atom is -0.441 e. The second kappa shape index (κ2) is 6.90. The molecule has 3 aromatic heterocycles. The standard InChI is InChI=1S/C23H23N5O3/c1-14-25-19-8-15(2-4-21(19)31-14)16-3-5-22-24-9-20(28(22)10-16)23(30)27-11-17(12-27)26-7-6-18(29)13-26/h2-5,8-10,17-18,29H,6-7,11-13H2,1H3/t18-/m1/s1. The number of pyridine rings is 1. The van der Waals surface area contributed by atoms with Crippen LogP contribution in [-0.4, -0.2) is 73.5 Å². The van der Waals surface area contributed by atoms with Gasteiger partial charge >= 0.3 is 0 Å². The Balaban J connectivity index is 1.26. The summed E-state index contributed by atoms with van der Waals surface area (Å²) in [6.45, 7) is 4.84. The molecule has 6 rings (SSSR count). The molecule has 4 aromatic rings. The highest BCUT2D eigenvalue weighted by atomic mass is 16.3. The molecule has 0 saturated carbocycles. The van der Waals surface area contributed by atoms with Gasteiger partial charge in [0.05, 0.1) is 12.3 Å². The highest BCUT2D eigenvalue weighted by Gasteiger charge is 2.38. The minimum atomic E-state index is -0.234. The lowest BCUT2D eigenvalue weighted by Gasteiger charge is -2.43. The van der Waals surface area contributed by atoms with Crippen LogP contribution in [-0.2, 0) is 0 Å². The number of fused-ring (bicyclic) bond motifs is 2. The van der Waals surface area contributed by atoms with Crippen LogP contribution in [0, 0.1) is 6.92 Å². The summed E-state index contributed by atoms with van der Waals surface area (Å²) in [4.78, 5) is 26.1.